The Morgan fingerprint density at radius 2 is 1.62 bits per heavy atom. The number of carbonyl (C=O) groups excluding carboxylic acids is 1. The lowest BCUT2D eigenvalue weighted by molar-refractivity contribution is -0.121. The van der Waals surface area contributed by atoms with Gasteiger partial charge >= 0.3 is 0 Å². The third kappa shape index (κ3) is 6.33. The molecule has 0 heterocycles. The summed E-state index contributed by atoms with van der Waals surface area (Å²) in [5.74, 6) is 0.935. The van der Waals surface area contributed by atoms with Crippen molar-refractivity contribution < 1.29 is 9.53 Å². The smallest absolute Gasteiger partial charge is 0.170 e. The quantitative estimate of drug-likeness (QED) is 0.694. The molecule has 0 unspecified atom stereocenters. The van der Waals surface area contributed by atoms with Crippen LogP contribution in [-0.2, 0) is 10.2 Å². The number of ketones is 1. The largest absolute Gasteiger partial charge is 0.486 e. The molecule has 118 valence electrons. The summed E-state index contributed by atoms with van der Waals surface area (Å²) in [6.07, 6.45) is 2.59. The van der Waals surface area contributed by atoms with Crippen molar-refractivity contribution in [2.45, 2.75) is 66.2 Å². The minimum atomic E-state index is 0.134. The van der Waals surface area contributed by atoms with Crippen molar-refractivity contribution in [3.05, 3.63) is 29.8 Å². The molecule has 0 atom stereocenters. The maximum absolute atomic E-state index is 11.5. The van der Waals surface area contributed by atoms with E-state index in [1.165, 1.54) is 5.56 Å². The van der Waals surface area contributed by atoms with Gasteiger partial charge in [-0.05, 0) is 41.4 Å². The third-order valence-electron chi connectivity index (χ3n) is 3.54. The molecule has 21 heavy (non-hydrogen) atoms. The molecule has 0 fully saturated rings. The van der Waals surface area contributed by atoms with Gasteiger partial charge in [0.2, 0.25) is 0 Å². The molecule has 0 aromatic heterocycles. The van der Waals surface area contributed by atoms with Crippen molar-refractivity contribution in [2.24, 2.45) is 5.41 Å². The topological polar surface area (TPSA) is 26.3 Å². The van der Waals surface area contributed by atoms with Crippen LogP contribution >= 0.6 is 0 Å². The first-order chi connectivity index (χ1) is 9.64. The van der Waals surface area contributed by atoms with Crippen LogP contribution in [0.3, 0.4) is 0 Å². The molecule has 0 aliphatic carbocycles. The fourth-order valence-electron chi connectivity index (χ4n) is 2.95. The molecule has 0 saturated heterocycles. The molecule has 0 aliphatic rings. The van der Waals surface area contributed by atoms with Crippen molar-refractivity contribution >= 4 is 5.78 Å². The lowest BCUT2D eigenvalue weighted by Gasteiger charge is -2.33. The van der Waals surface area contributed by atoms with Crippen LogP contribution < -0.4 is 4.74 Å². The molecule has 0 N–H and O–H groups in total. The normalized spacial score (nSPS) is 12.3. The van der Waals surface area contributed by atoms with Gasteiger partial charge in [0.15, 0.2) is 5.78 Å². The van der Waals surface area contributed by atoms with E-state index >= 15 is 0 Å². The predicted octanol–water partition coefficient (Wildman–Crippen LogP) is 5.15. The van der Waals surface area contributed by atoms with E-state index in [-0.39, 0.29) is 17.8 Å². The van der Waals surface area contributed by atoms with Crippen LogP contribution in [0.4, 0.5) is 0 Å². The Hall–Kier alpha value is -1.31. The van der Waals surface area contributed by atoms with E-state index in [0.29, 0.717) is 11.8 Å². The molecule has 0 spiro atoms. The first-order valence-electron chi connectivity index (χ1n) is 7.89. The lowest BCUT2D eigenvalue weighted by atomic mass is 9.72. The number of hydrogen-bond acceptors (Lipinski definition) is 2. The SMILES string of the molecule is CCCC(=O)COc1ccc(C(C)(C)CC(C)(C)C)cc1. The highest BCUT2D eigenvalue weighted by molar-refractivity contribution is 5.79. The van der Waals surface area contributed by atoms with Gasteiger partial charge in [-0.2, -0.15) is 0 Å². The molecule has 0 saturated carbocycles. The minimum absolute atomic E-state index is 0.134. The second-order valence-electron chi connectivity index (χ2n) is 7.72. The van der Waals surface area contributed by atoms with Crippen molar-refractivity contribution in [3.63, 3.8) is 0 Å². The molecular formula is C19H30O2. The fraction of sp³-hybridized carbons (Fsp3) is 0.632. The summed E-state index contributed by atoms with van der Waals surface area (Å²) in [7, 11) is 0. The van der Waals surface area contributed by atoms with Gasteiger partial charge in [0, 0.05) is 6.42 Å². The minimum Gasteiger partial charge on any atom is -0.486 e. The molecule has 2 heteroatoms. The average Bonchev–Trinajstić information content (AvgIpc) is 2.34. The van der Waals surface area contributed by atoms with Crippen LogP contribution in [0.2, 0.25) is 0 Å². The Morgan fingerprint density at radius 1 is 1.05 bits per heavy atom. The van der Waals surface area contributed by atoms with Crippen molar-refractivity contribution in [1.29, 1.82) is 0 Å². The Morgan fingerprint density at radius 3 is 2.10 bits per heavy atom. The molecule has 0 bridgehead atoms. The summed E-state index contributed by atoms with van der Waals surface area (Å²) in [5.41, 5.74) is 1.74. The fourth-order valence-corrected chi connectivity index (χ4v) is 2.95. The predicted molar refractivity (Wildman–Crippen MR) is 89.0 cm³/mol. The van der Waals surface area contributed by atoms with Crippen LogP contribution in [0.15, 0.2) is 24.3 Å². The van der Waals surface area contributed by atoms with Gasteiger partial charge in [0.05, 0.1) is 0 Å². The Balaban J connectivity index is 2.67. The second-order valence-corrected chi connectivity index (χ2v) is 7.72. The van der Waals surface area contributed by atoms with Gasteiger partial charge in [-0.3, -0.25) is 4.79 Å². The number of carbonyl (C=O) groups is 1. The van der Waals surface area contributed by atoms with Crippen LogP contribution in [0.5, 0.6) is 5.75 Å². The molecular weight excluding hydrogens is 260 g/mol. The number of rotatable bonds is 7. The summed E-state index contributed by atoms with van der Waals surface area (Å²) in [5, 5.41) is 0. The second kappa shape index (κ2) is 7.11. The lowest BCUT2D eigenvalue weighted by Crippen LogP contribution is -2.24. The number of benzene rings is 1. The zero-order valence-corrected chi connectivity index (χ0v) is 14.5. The Labute approximate surface area is 129 Å². The summed E-state index contributed by atoms with van der Waals surface area (Å²) in [6.45, 7) is 13.5. The molecule has 1 rings (SSSR count). The van der Waals surface area contributed by atoms with E-state index < -0.39 is 0 Å². The van der Waals surface area contributed by atoms with E-state index in [1.54, 1.807) is 0 Å². The zero-order valence-electron chi connectivity index (χ0n) is 14.5. The van der Waals surface area contributed by atoms with E-state index in [4.69, 9.17) is 4.74 Å². The van der Waals surface area contributed by atoms with Crippen molar-refractivity contribution in [3.8, 4) is 5.75 Å². The van der Waals surface area contributed by atoms with Gasteiger partial charge in [-0.15, -0.1) is 0 Å². The van der Waals surface area contributed by atoms with Gasteiger partial charge in [-0.25, -0.2) is 0 Å². The molecule has 0 radical (unpaired) electrons. The van der Waals surface area contributed by atoms with Gasteiger partial charge in [0.25, 0.3) is 0 Å². The highest BCUT2D eigenvalue weighted by Crippen LogP contribution is 2.36. The maximum atomic E-state index is 11.5. The maximum Gasteiger partial charge on any atom is 0.170 e. The van der Waals surface area contributed by atoms with Crippen LogP contribution in [0.1, 0.15) is 66.4 Å². The third-order valence-corrected chi connectivity index (χ3v) is 3.54. The van der Waals surface area contributed by atoms with Crippen molar-refractivity contribution in [1.82, 2.24) is 0 Å². The summed E-state index contributed by atoms with van der Waals surface area (Å²) < 4.78 is 5.54. The summed E-state index contributed by atoms with van der Waals surface area (Å²) in [4.78, 5) is 11.5. The molecule has 2 nitrogen and oxygen atoms in total. The van der Waals surface area contributed by atoms with Gasteiger partial charge < -0.3 is 4.74 Å². The van der Waals surface area contributed by atoms with E-state index in [0.717, 1.165) is 18.6 Å². The Bertz CT molecular complexity index is 449. The van der Waals surface area contributed by atoms with Crippen LogP contribution in [0.25, 0.3) is 0 Å². The zero-order chi connectivity index (χ0) is 16.1. The average molecular weight is 290 g/mol. The van der Waals surface area contributed by atoms with Crippen LogP contribution in [0, 0.1) is 5.41 Å². The first-order valence-corrected chi connectivity index (χ1v) is 7.89. The number of ether oxygens (including phenoxy) is 1. The molecule has 1 aromatic rings. The van der Waals surface area contributed by atoms with Crippen LogP contribution in [-0.4, -0.2) is 12.4 Å². The van der Waals surface area contributed by atoms with Crippen molar-refractivity contribution in [2.75, 3.05) is 6.61 Å². The molecule has 0 amide bonds. The number of Topliss-reactive ketones (excluding diaryl/α,β-unsaturated/α-hetero) is 1. The monoisotopic (exact) mass is 290 g/mol. The van der Waals surface area contributed by atoms with Gasteiger partial charge in [0.1, 0.15) is 12.4 Å². The Kier molecular flexibility index (Phi) is 6.00. The molecule has 1 aromatic carbocycles. The van der Waals surface area contributed by atoms with E-state index in [1.807, 2.05) is 19.1 Å². The summed E-state index contributed by atoms with van der Waals surface area (Å²) >= 11 is 0. The van der Waals surface area contributed by atoms with E-state index in [9.17, 15) is 4.79 Å². The van der Waals surface area contributed by atoms with Gasteiger partial charge in [-0.1, -0.05) is 53.7 Å². The standard InChI is InChI=1S/C19H30O2/c1-7-8-16(20)13-21-17-11-9-15(10-12-17)19(5,6)14-18(2,3)4/h9-12H,7-8,13-14H2,1-6H3. The highest BCUT2D eigenvalue weighted by Gasteiger charge is 2.27. The number of hydrogen-bond donors (Lipinski definition) is 0. The summed E-state index contributed by atoms with van der Waals surface area (Å²) in [6, 6.07) is 8.18. The highest BCUT2D eigenvalue weighted by atomic mass is 16.5. The van der Waals surface area contributed by atoms with E-state index in [2.05, 4.69) is 46.8 Å². The molecule has 0 aliphatic heterocycles. The first kappa shape index (κ1) is 17.7.